The van der Waals surface area contributed by atoms with Crippen molar-refractivity contribution in [1.29, 1.82) is 0 Å². The third kappa shape index (κ3) is 1.42. The van der Waals surface area contributed by atoms with E-state index in [9.17, 15) is 0 Å². The first-order chi connectivity index (χ1) is 7.74. The van der Waals surface area contributed by atoms with Crippen molar-refractivity contribution < 1.29 is 0 Å². The Morgan fingerprint density at radius 1 is 1.31 bits per heavy atom. The van der Waals surface area contributed by atoms with Gasteiger partial charge in [-0.2, -0.15) is 0 Å². The van der Waals surface area contributed by atoms with Crippen molar-refractivity contribution in [2.75, 3.05) is 0 Å². The van der Waals surface area contributed by atoms with Crippen LogP contribution in [0.25, 0.3) is 20.8 Å². The van der Waals surface area contributed by atoms with Crippen LogP contribution in [0.3, 0.4) is 0 Å². The van der Waals surface area contributed by atoms with Crippen molar-refractivity contribution in [3.05, 3.63) is 36.4 Å². The normalized spacial score (nSPS) is 11.1. The minimum Gasteiger partial charge on any atom is -0.340 e. The minimum atomic E-state index is 1.02. The highest BCUT2D eigenvalue weighted by atomic mass is 32.1. The summed E-state index contributed by atoms with van der Waals surface area (Å²) in [5.74, 6) is 0. The zero-order valence-corrected chi connectivity index (χ0v) is 9.95. The Morgan fingerprint density at radius 2 is 2.19 bits per heavy atom. The Kier molecular flexibility index (Phi) is 2.04. The van der Waals surface area contributed by atoms with Crippen molar-refractivity contribution in [1.82, 2.24) is 14.5 Å². The van der Waals surface area contributed by atoms with Gasteiger partial charge >= 0.3 is 0 Å². The van der Waals surface area contributed by atoms with Crippen LogP contribution in [0.4, 0.5) is 0 Å². The second-order valence-corrected chi connectivity index (χ2v) is 4.93. The molecule has 4 heteroatoms. The Balaban J connectivity index is 2.22. The number of rotatable bonds is 1. The molecule has 3 aromatic rings. The topological polar surface area (TPSA) is 30.7 Å². The third-order valence-electron chi connectivity index (χ3n) is 2.57. The van der Waals surface area contributed by atoms with E-state index in [0.717, 1.165) is 11.2 Å². The molecular weight excluding hydrogens is 218 g/mol. The number of imidazole rings is 1. The zero-order valence-electron chi connectivity index (χ0n) is 9.14. The van der Waals surface area contributed by atoms with Gasteiger partial charge in [-0.25, -0.2) is 4.98 Å². The van der Waals surface area contributed by atoms with Gasteiger partial charge in [0.15, 0.2) is 0 Å². The van der Waals surface area contributed by atoms with E-state index in [4.69, 9.17) is 0 Å². The van der Waals surface area contributed by atoms with Gasteiger partial charge in [-0.15, -0.1) is 11.3 Å². The molecule has 0 fully saturated rings. The van der Waals surface area contributed by atoms with Gasteiger partial charge in [0, 0.05) is 19.4 Å². The van der Waals surface area contributed by atoms with Crippen LogP contribution in [0.1, 0.15) is 5.56 Å². The molecule has 3 heterocycles. The molecule has 0 amide bonds. The highest BCUT2D eigenvalue weighted by Gasteiger charge is 2.08. The number of thiophene rings is 1. The number of pyridine rings is 1. The van der Waals surface area contributed by atoms with Crippen molar-refractivity contribution in [3.8, 4) is 10.6 Å². The predicted octanol–water partition coefficient (Wildman–Crippen LogP) is 3.01. The van der Waals surface area contributed by atoms with Crippen molar-refractivity contribution in [3.63, 3.8) is 0 Å². The summed E-state index contributed by atoms with van der Waals surface area (Å²) in [6, 6.07) is 4.15. The van der Waals surface area contributed by atoms with Crippen LogP contribution < -0.4 is 0 Å². The van der Waals surface area contributed by atoms with Crippen LogP contribution in [-0.4, -0.2) is 14.5 Å². The SMILES string of the molecule is Cc1ccnc2cc(-c3cn(C)cn3)sc12. The maximum absolute atomic E-state index is 4.37. The maximum atomic E-state index is 4.37. The van der Waals surface area contributed by atoms with E-state index in [1.165, 1.54) is 15.1 Å². The largest absolute Gasteiger partial charge is 0.340 e. The average molecular weight is 229 g/mol. The van der Waals surface area contributed by atoms with Crippen LogP contribution >= 0.6 is 11.3 Å². The molecule has 80 valence electrons. The van der Waals surface area contributed by atoms with E-state index < -0.39 is 0 Å². The van der Waals surface area contributed by atoms with E-state index >= 15 is 0 Å². The summed E-state index contributed by atoms with van der Waals surface area (Å²) >= 11 is 1.75. The predicted molar refractivity (Wildman–Crippen MR) is 66.6 cm³/mol. The van der Waals surface area contributed by atoms with Crippen LogP contribution in [0.2, 0.25) is 0 Å². The summed E-state index contributed by atoms with van der Waals surface area (Å²) in [7, 11) is 1.98. The second-order valence-electron chi connectivity index (χ2n) is 3.88. The lowest BCUT2D eigenvalue weighted by Gasteiger charge is -1.91. The van der Waals surface area contributed by atoms with Gasteiger partial charge in [0.2, 0.25) is 0 Å². The highest BCUT2D eigenvalue weighted by molar-refractivity contribution is 7.22. The zero-order chi connectivity index (χ0) is 11.1. The monoisotopic (exact) mass is 229 g/mol. The molecular formula is C12H11N3S. The van der Waals surface area contributed by atoms with Gasteiger partial charge in [-0.05, 0) is 24.6 Å². The van der Waals surface area contributed by atoms with Crippen LogP contribution in [0, 0.1) is 6.92 Å². The summed E-state index contributed by atoms with van der Waals surface area (Å²) in [6.45, 7) is 2.11. The van der Waals surface area contributed by atoms with E-state index in [2.05, 4.69) is 23.0 Å². The van der Waals surface area contributed by atoms with Crippen LogP contribution in [0.15, 0.2) is 30.9 Å². The maximum Gasteiger partial charge on any atom is 0.0982 e. The lowest BCUT2D eigenvalue weighted by atomic mass is 10.2. The average Bonchev–Trinajstić information content (AvgIpc) is 2.84. The molecule has 0 spiro atoms. The lowest BCUT2D eigenvalue weighted by Crippen LogP contribution is -1.77. The number of nitrogens with zero attached hydrogens (tertiary/aromatic N) is 3. The first-order valence-electron chi connectivity index (χ1n) is 5.07. The van der Waals surface area contributed by atoms with Gasteiger partial charge in [0.25, 0.3) is 0 Å². The number of hydrogen-bond donors (Lipinski definition) is 0. The summed E-state index contributed by atoms with van der Waals surface area (Å²) in [4.78, 5) is 9.91. The highest BCUT2D eigenvalue weighted by Crippen LogP contribution is 2.32. The molecule has 3 aromatic heterocycles. The fraction of sp³-hybridized carbons (Fsp3) is 0.167. The molecule has 0 aromatic carbocycles. The molecule has 0 aliphatic rings. The number of aryl methyl sites for hydroxylation is 2. The summed E-state index contributed by atoms with van der Waals surface area (Å²) in [5, 5.41) is 0. The number of fused-ring (bicyclic) bond motifs is 1. The smallest absolute Gasteiger partial charge is 0.0982 e. The fourth-order valence-corrected chi connectivity index (χ4v) is 2.78. The van der Waals surface area contributed by atoms with Gasteiger partial charge < -0.3 is 4.57 Å². The van der Waals surface area contributed by atoms with Crippen molar-refractivity contribution in [2.45, 2.75) is 6.92 Å². The molecule has 0 radical (unpaired) electrons. The van der Waals surface area contributed by atoms with E-state index in [1.54, 1.807) is 11.3 Å². The first kappa shape index (κ1) is 9.54. The molecule has 16 heavy (non-hydrogen) atoms. The Bertz CT molecular complexity index is 651. The summed E-state index contributed by atoms with van der Waals surface area (Å²) in [5.41, 5.74) is 3.35. The van der Waals surface area contributed by atoms with E-state index in [-0.39, 0.29) is 0 Å². The minimum absolute atomic E-state index is 1.02. The summed E-state index contributed by atoms with van der Waals surface area (Å²) < 4.78 is 3.21. The van der Waals surface area contributed by atoms with Crippen molar-refractivity contribution in [2.24, 2.45) is 7.05 Å². The third-order valence-corrected chi connectivity index (χ3v) is 3.85. The molecule has 3 rings (SSSR count). The molecule has 0 N–H and O–H groups in total. The van der Waals surface area contributed by atoms with Gasteiger partial charge in [0.1, 0.15) is 0 Å². The molecule has 0 atom stereocenters. The van der Waals surface area contributed by atoms with E-state index in [0.29, 0.717) is 0 Å². The van der Waals surface area contributed by atoms with E-state index in [1.807, 2.05) is 36.4 Å². The van der Waals surface area contributed by atoms with Crippen LogP contribution in [-0.2, 0) is 7.05 Å². The number of aromatic nitrogens is 3. The van der Waals surface area contributed by atoms with Crippen LogP contribution in [0.5, 0.6) is 0 Å². The molecule has 0 aliphatic heterocycles. The lowest BCUT2D eigenvalue weighted by molar-refractivity contribution is 0.913. The Morgan fingerprint density at radius 3 is 2.88 bits per heavy atom. The molecule has 0 saturated carbocycles. The Hall–Kier alpha value is -1.68. The van der Waals surface area contributed by atoms with Gasteiger partial charge in [0.05, 0.1) is 27.1 Å². The van der Waals surface area contributed by atoms with Crippen molar-refractivity contribution >= 4 is 21.6 Å². The molecule has 0 aliphatic carbocycles. The quantitative estimate of drug-likeness (QED) is 0.642. The molecule has 0 saturated heterocycles. The Labute approximate surface area is 97.4 Å². The second kappa shape index (κ2) is 3.42. The summed E-state index contributed by atoms with van der Waals surface area (Å²) in [6.07, 6.45) is 5.70. The molecule has 3 nitrogen and oxygen atoms in total. The standard InChI is InChI=1S/C12H11N3S/c1-8-3-4-13-9-5-11(16-12(8)9)10-6-15(2)7-14-10/h3-7H,1-2H3. The van der Waals surface area contributed by atoms with Gasteiger partial charge in [-0.3, -0.25) is 4.98 Å². The fourth-order valence-electron chi connectivity index (χ4n) is 1.73. The molecule has 0 bridgehead atoms. The number of hydrogen-bond acceptors (Lipinski definition) is 3. The van der Waals surface area contributed by atoms with Gasteiger partial charge in [-0.1, -0.05) is 0 Å². The molecule has 0 unspecified atom stereocenters. The first-order valence-corrected chi connectivity index (χ1v) is 5.89.